The molecule has 0 saturated carbocycles. The lowest BCUT2D eigenvalue weighted by molar-refractivity contribution is -0.111. The zero-order valence-electron chi connectivity index (χ0n) is 15.4. The smallest absolute Gasteiger partial charge is 0.248 e. The number of anilines is 2. The molecule has 5 nitrogen and oxygen atoms in total. The quantitative estimate of drug-likeness (QED) is 0.843. The monoisotopic (exact) mass is 330 g/mol. The fraction of sp³-hybridized carbons (Fsp3) is 0.579. The number of carbonyl (C=O) groups excluding carboxylic acids is 1. The van der Waals surface area contributed by atoms with Crippen molar-refractivity contribution in [3.63, 3.8) is 0 Å². The van der Waals surface area contributed by atoms with Crippen LogP contribution in [0.5, 0.6) is 0 Å². The summed E-state index contributed by atoms with van der Waals surface area (Å²) in [7, 11) is 0. The number of nitrogens with zero attached hydrogens (tertiary/aromatic N) is 3. The number of pyridine rings is 1. The van der Waals surface area contributed by atoms with E-state index in [-0.39, 0.29) is 5.91 Å². The second-order valence-corrected chi connectivity index (χ2v) is 7.15. The molecule has 24 heavy (non-hydrogen) atoms. The third-order valence-electron chi connectivity index (χ3n) is 3.97. The van der Waals surface area contributed by atoms with Crippen LogP contribution < -0.4 is 10.2 Å². The molecule has 0 aliphatic carbocycles. The summed E-state index contributed by atoms with van der Waals surface area (Å²) >= 11 is 0. The van der Waals surface area contributed by atoms with Crippen LogP contribution in [0.1, 0.15) is 34.1 Å². The number of aromatic nitrogens is 1. The van der Waals surface area contributed by atoms with E-state index in [1.807, 2.05) is 26.0 Å². The van der Waals surface area contributed by atoms with E-state index in [0.717, 1.165) is 56.2 Å². The molecular formula is C19H30N4O. The van der Waals surface area contributed by atoms with Crippen molar-refractivity contribution in [3.8, 4) is 0 Å². The number of amides is 1. The third kappa shape index (κ3) is 5.96. The summed E-state index contributed by atoms with van der Waals surface area (Å²) in [5.41, 5.74) is 1.71. The summed E-state index contributed by atoms with van der Waals surface area (Å²) in [6, 6.07) is 3.92. The van der Waals surface area contributed by atoms with Gasteiger partial charge in [0.1, 0.15) is 5.82 Å². The first-order chi connectivity index (χ1) is 11.4. The van der Waals surface area contributed by atoms with Gasteiger partial charge in [0.25, 0.3) is 0 Å². The molecule has 1 fully saturated rings. The molecule has 1 aromatic rings. The van der Waals surface area contributed by atoms with Gasteiger partial charge in [0.05, 0.1) is 11.9 Å². The van der Waals surface area contributed by atoms with Crippen LogP contribution in [-0.4, -0.2) is 48.5 Å². The molecule has 0 radical (unpaired) electrons. The van der Waals surface area contributed by atoms with Gasteiger partial charge in [-0.15, -0.1) is 0 Å². The number of carbonyl (C=O) groups is 1. The summed E-state index contributed by atoms with van der Waals surface area (Å²) < 4.78 is 0. The minimum atomic E-state index is -0.108. The zero-order chi connectivity index (χ0) is 17.5. The first-order valence-electron chi connectivity index (χ1n) is 8.83. The van der Waals surface area contributed by atoms with Crippen LogP contribution in [0, 0.1) is 5.92 Å². The second kappa shape index (κ2) is 8.83. The molecule has 2 heterocycles. The SMILES string of the molecule is CC(C)=CC(=O)Nc1ccc(N2CCCN(CC(C)C)CC2)nc1. The minimum absolute atomic E-state index is 0.108. The maximum Gasteiger partial charge on any atom is 0.248 e. The van der Waals surface area contributed by atoms with Crippen LogP contribution in [0.4, 0.5) is 11.5 Å². The first kappa shape index (κ1) is 18.5. The third-order valence-corrected chi connectivity index (χ3v) is 3.97. The average molecular weight is 330 g/mol. The maximum atomic E-state index is 11.7. The van der Waals surface area contributed by atoms with Gasteiger partial charge < -0.3 is 15.1 Å². The largest absolute Gasteiger partial charge is 0.355 e. The van der Waals surface area contributed by atoms with Gasteiger partial charge in [0.2, 0.25) is 5.91 Å². The van der Waals surface area contributed by atoms with E-state index in [1.165, 1.54) is 0 Å². The Hall–Kier alpha value is -1.88. The van der Waals surface area contributed by atoms with E-state index in [2.05, 4.69) is 33.9 Å². The lowest BCUT2D eigenvalue weighted by Gasteiger charge is -2.23. The van der Waals surface area contributed by atoms with Crippen LogP contribution >= 0.6 is 0 Å². The van der Waals surface area contributed by atoms with Gasteiger partial charge in [-0.25, -0.2) is 4.98 Å². The highest BCUT2D eigenvalue weighted by atomic mass is 16.1. The van der Waals surface area contributed by atoms with Gasteiger partial charge in [-0.2, -0.15) is 0 Å². The van der Waals surface area contributed by atoms with E-state index in [1.54, 1.807) is 12.3 Å². The Labute approximate surface area is 145 Å². The second-order valence-electron chi connectivity index (χ2n) is 7.15. The number of hydrogen-bond acceptors (Lipinski definition) is 4. The number of allylic oxidation sites excluding steroid dienone is 1. The predicted octanol–water partition coefficient (Wildman–Crippen LogP) is 3.15. The Bertz CT molecular complexity index is 561. The van der Waals surface area contributed by atoms with Gasteiger partial charge >= 0.3 is 0 Å². The van der Waals surface area contributed by atoms with E-state index >= 15 is 0 Å². The Morgan fingerprint density at radius 3 is 2.67 bits per heavy atom. The topological polar surface area (TPSA) is 48.5 Å². The number of rotatable bonds is 5. The Kier molecular flexibility index (Phi) is 6.79. The Morgan fingerprint density at radius 1 is 1.25 bits per heavy atom. The summed E-state index contributed by atoms with van der Waals surface area (Å²) in [6.07, 6.45) is 4.49. The van der Waals surface area contributed by atoms with Crippen LogP contribution in [0.15, 0.2) is 30.0 Å². The highest BCUT2D eigenvalue weighted by Gasteiger charge is 2.16. The van der Waals surface area contributed by atoms with Gasteiger partial charge in [-0.1, -0.05) is 19.4 Å². The molecule has 1 N–H and O–H groups in total. The van der Waals surface area contributed by atoms with E-state index in [9.17, 15) is 4.79 Å². The molecule has 5 heteroatoms. The van der Waals surface area contributed by atoms with Gasteiger partial charge in [0, 0.05) is 32.3 Å². The van der Waals surface area contributed by atoms with Crippen molar-refractivity contribution in [3.05, 3.63) is 30.0 Å². The molecule has 0 spiro atoms. The predicted molar refractivity (Wildman–Crippen MR) is 100 cm³/mol. The van der Waals surface area contributed by atoms with Gasteiger partial charge in [0.15, 0.2) is 0 Å². The Morgan fingerprint density at radius 2 is 2.04 bits per heavy atom. The molecule has 0 unspecified atom stereocenters. The molecule has 0 bridgehead atoms. The van der Waals surface area contributed by atoms with Gasteiger partial charge in [-0.3, -0.25) is 4.79 Å². The standard InChI is InChI=1S/C19H30N4O/c1-15(2)12-19(24)21-17-6-7-18(20-13-17)23-9-5-8-22(10-11-23)14-16(3)4/h6-7,12-13,16H,5,8-11,14H2,1-4H3,(H,21,24). The molecule has 2 rings (SSSR count). The zero-order valence-corrected chi connectivity index (χ0v) is 15.4. The number of hydrogen-bond donors (Lipinski definition) is 1. The van der Waals surface area contributed by atoms with E-state index in [4.69, 9.17) is 0 Å². The highest BCUT2D eigenvalue weighted by Crippen LogP contribution is 2.17. The van der Waals surface area contributed by atoms with Crippen molar-refractivity contribution in [2.75, 3.05) is 42.9 Å². The molecule has 1 saturated heterocycles. The summed E-state index contributed by atoms with van der Waals surface area (Å²) in [4.78, 5) is 21.2. The molecule has 0 aromatic carbocycles. The van der Waals surface area contributed by atoms with Crippen molar-refractivity contribution in [2.24, 2.45) is 5.92 Å². The van der Waals surface area contributed by atoms with Crippen molar-refractivity contribution in [1.29, 1.82) is 0 Å². The summed E-state index contributed by atoms with van der Waals surface area (Å²) in [5, 5.41) is 2.84. The molecule has 1 amide bonds. The van der Waals surface area contributed by atoms with Crippen LogP contribution in [0.25, 0.3) is 0 Å². The lowest BCUT2D eigenvalue weighted by atomic mass is 10.2. The molecule has 0 atom stereocenters. The van der Waals surface area contributed by atoms with Crippen LogP contribution in [0.3, 0.4) is 0 Å². The minimum Gasteiger partial charge on any atom is -0.355 e. The van der Waals surface area contributed by atoms with Crippen LogP contribution in [-0.2, 0) is 4.79 Å². The molecule has 1 aromatic heterocycles. The van der Waals surface area contributed by atoms with Crippen molar-refractivity contribution in [2.45, 2.75) is 34.1 Å². The normalized spacial score (nSPS) is 16.0. The molecule has 1 aliphatic rings. The molecule has 132 valence electrons. The fourth-order valence-electron chi connectivity index (χ4n) is 2.99. The Balaban J connectivity index is 1.93. The van der Waals surface area contributed by atoms with Crippen LogP contribution in [0.2, 0.25) is 0 Å². The average Bonchev–Trinajstić information content (AvgIpc) is 2.72. The fourth-order valence-corrected chi connectivity index (χ4v) is 2.99. The van der Waals surface area contributed by atoms with Crippen molar-refractivity contribution < 1.29 is 4.79 Å². The summed E-state index contributed by atoms with van der Waals surface area (Å²) in [6.45, 7) is 13.8. The molecule has 1 aliphatic heterocycles. The highest BCUT2D eigenvalue weighted by molar-refractivity contribution is 5.99. The van der Waals surface area contributed by atoms with Gasteiger partial charge in [-0.05, 0) is 44.9 Å². The summed E-state index contributed by atoms with van der Waals surface area (Å²) in [5.74, 6) is 1.59. The first-order valence-corrected chi connectivity index (χ1v) is 8.83. The molecular weight excluding hydrogens is 300 g/mol. The lowest BCUT2D eigenvalue weighted by Crippen LogP contribution is -2.33. The van der Waals surface area contributed by atoms with E-state index < -0.39 is 0 Å². The van der Waals surface area contributed by atoms with E-state index in [0.29, 0.717) is 5.92 Å². The maximum absolute atomic E-state index is 11.7. The van der Waals surface area contributed by atoms with Crippen molar-refractivity contribution in [1.82, 2.24) is 9.88 Å². The van der Waals surface area contributed by atoms with Crippen molar-refractivity contribution >= 4 is 17.4 Å². The number of nitrogens with one attached hydrogen (secondary N) is 1.